The highest BCUT2D eigenvalue weighted by Gasteiger charge is 2.31. The number of benzene rings is 2. The summed E-state index contributed by atoms with van der Waals surface area (Å²) in [5.74, 6) is 0.132. The van der Waals surface area contributed by atoms with Crippen LogP contribution in [0.25, 0.3) is 5.69 Å². The molecule has 4 rings (SSSR count). The summed E-state index contributed by atoms with van der Waals surface area (Å²) in [6, 6.07) is 14.1. The van der Waals surface area contributed by atoms with Crippen LogP contribution in [0.5, 0.6) is 11.6 Å². The fraction of sp³-hybridized carbons (Fsp3) is 0.120. The third-order valence-corrected chi connectivity index (χ3v) is 6.31. The number of pyridine rings is 2. The molecule has 0 unspecified atom stereocenters. The van der Waals surface area contributed by atoms with E-state index in [0.29, 0.717) is 44.5 Å². The smallest absolute Gasteiger partial charge is 0.417 e. The second-order valence-electron chi connectivity index (χ2n) is 7.60. The average Bonchev–Trinajstić information content (AvgIpc) is 2.79. The number of rotatable bonds is 5. The number of hydrogen-bond donors (Lipinski definition) is 0. The lowest BCUT2D eigenvalue weighted by atomic mass is 10.0. The van der Waals surface area contributed by atoms with Gasteiger partial charge >= 0.3 is 6.18 Å². The van der Waals surface area contributed by atoms with E-state index in [4.69, 9.17) is 39.5 Å². The fourth-order valence-corrected chi connectivity index (χ4v) is 4.25. The molecule has 4 nitrogen and oxygen atoms in total. The standard InChI is InChI=1S/C25H16Cl3F3N2O2/c1-14-18(12-19-20(26)6-3-7-21(19)27)23(34)8-9-33(14)16-4-2-5-17(11-16)35-24-22(28)10-15(13-32-24)25(29,30)31/h2-11,13H,12H2,1H3. The van der Waals surface area contributed by atoms with Gasteiger partial charge in [0.25, 0.3) is 0 Å². The zero-order valence-electron chi connectivity index (χ0n) is 18.0. The van der Waals surface area contributed by atoms with Gasteiger partial charge < -0.3 is 9.30 Å². The van der Waals surface area contributed by atoms with Gasteiger partial charge in [0.1, 0.15) is 10.8 Å². The zero-order chi connectivity index (χ0) is 25.3. The summed E-state index contributed by atoms with van der Waals surface area (Å²) in [5.41, 5.74) is 1.34. The van der Waals surface area contributed by atoms with Crippen LogP contribution in [-0.2, 0) is 12.6 Å². The van der Waals surface area contributed by atoms with Crippen molar-refractivity contribution in [3.63, 3.8) is 0 Å². The van der Waals surface area contributed by atoms with E-state index in [1.807, 2.05) is 0 Å². The third-order valence-electron chi connectivity index (χ3n) is 5.33. The molecule has 10 heteroatoms. The van der Waals surface area contributed by atoms with Crippen molar-refractivity contribution in [2.75, 3.05) is 0 Å². The van der Waals surface area contributed by atoms with E-state index in [9.17, 15) is 18.0 Å². The summed E-state index contributed by atoms with van der Waals surface area (Å²) >= 11 is 18.6. The van der Waals surface area contributed by atoms with Gasteiger partial charge in [-0.15, -0.1) is 0 Å². The van der Waals surface area contributed by atoms with Crippen LogP contribution < -0.4 is 10.2 Å². The predicted octanol–water partition coefficient (Wildman–Crippen LogP) is 7.90. The molecule has 0 aliphatic heterocycles. The lowest BCUT2D eigenvalue weighted by molar-refractivity contribution is -0.137. The van der Waals surface area contributed by atoms with E-state index in [-0.39, 0.29) is 22.8 Å². The van der Waals surface area contributed by atoms with E-state index in [2.05, 4.69) is 4.98 Å². The molecular weight excluding hydrogens is 524 g/mol. The van der Waals surface area contributed by atoms with Crippen LogP contribution >= 0.6 is 34.8 Å². The molecule has 180 valence electrons. The van der Waals surface area contributed by atoms with Crippen LogP contribution in [0, 0.1) is 6.92 Å². The Balaban J connectivity index is 1.67. The van der Waals surface area contributed by atoms with Gasteiger partial charge in [0.05, 0.1) is 5.56 Å². The minimum atomic E-state index is -4.57. The van der Waals surface area contributed by atoms with Gasteiger partial charge in [0.2, 0.25) is 5.88 Å². The number of ether oxygens (including phenoxy) is 1. The highest BCUT2D eigenvalue weighted by atomic mass is 35.5. The number of alkyl halides is 3. The molecule has 0 fully saturated rings. The largest absolute Gasteiger partial charge is 0.437 e. The van der Waals surface area contributed by atoms with E-state index < -0.39 is 11.7 Å². The van der Waals surface area contributed by atoms with Crippen molar-refractivity contribution in [2.45, 2.75) is 19.5 Å². The van der Waals surface area contributed by atoms with Crippen molar-refractivity contribution in [2.24, 2.45) is 0 Å². The summed E-state index contributed by atoms with van der Waals surface area (Å²) in [6.45, 7) is 1.79. The van der Waals surface area contributed by atoms with Crippen molar-refractivity contribution < 1.29 is 17.9 Å². The van der Waals surface area contributed by atoms with Gasteiger partial charge in [-0.2, -0.15) is 13.2 Å². The maximum absolute atomic E-state index is 12.9. The lowest BCUT2D eigenvalue weighted by Crippen LogP contribution is -2.16. The first-order chi connectivity index (χ1) is 16.5. The fourth-order valence-electron chi connectivity index (χ4n) is 3.52. The van der Waals surface area contributed by atoms with Crippen LogP contribution in [-0.4, -0.2) is 9.55 Å². The van der Waals surface area contributed by atoms with Gasteiger partial charge in [-0.1, -0.05) is 46.9 Å². The highest BCUT2D eigenvalue weighted by molar-refractivity contribution is 6.36. The molecule has 2 aromatic carbocycles. The van der Waals surface area contributed by atoms with Crippen LogP contribution in [0.2, 0.25) is 15.1 Å². The Kier molecular flexibility index (Phi) is 7.12. The van der Waals surface area contributed by atoms with Crippen molar-refractivity contribution in [1.82, 2.24) is 9.55 Å². The van der Waals surface area contributed by atoms with E-state index in [1.165, 1.54) is 6.07 Å². The Morgan fingerprint density at radius 1 is 0.943 bits per heavy atom. The number of halogens is 6. The second kappa shape index (κ2) is 9.93. The first-order valence-electron chi connectivity index (χ1n) is 10.2. The Hall–Kier alpha value is -3.00. The molecule has 2 heterocycles. The van der Waals surface area contributed by atoms with Gasteiger partial charge in [0, 0.05) is 57.9 Å². The summed E-state index contributed by atoms with van der Waals surface area (Å²) in [5, 5.41) is 0.648. The third kappa shape index (κ3) is 5.48. The maximum Gasteiger partial charge on any atom is 0.417 e. The Bertz CT molecular complexity index is 1450. The molecule has 0 saturated heterocycles. The summed E-state index contributed by atoms with van der Waals surface area (Å²) in [4.78, 5) is 16.4. The number of aromatic nitrogens is 2. The SMILES string of the molecule is Cc1c(Cc2c(Cl)cccc2Cl)c(=O)ccn1-c1cccc(Oc2ncc(C(F)(F)F)cc2Cl)c1. The Labute approximate surface area is 213 Å². The zero-order valence-corrected chi connectivity index (χ0v) is 20.3. The molecule has 0 bridgehead atoms. The molecule has 0 aliphatic rings. The molecular formula is C25H16Cl3F3N2O2. The topological polar surface area (TPSA) is 44.1 Å². The van der Waals surface area contributed by atoms with Crippen molar-refractivity contribution in [3.8, 4) is 17.3 Å². The summed E-state index contributed by atoms with van der Waals surface area (Å²) < 4.78 is 46.0. The molecule has 4 aromatic rings. The summed E-state index contributed by atoms with van der Waals surface area (Å²) in [7, 11) is 0. The molecule has 0 N–H and O–H groups in total. The van der Waals surface area contributed by atoms with Crippen LogP contribution in [0.3, 0.4) is 0 Å². The van der Waals surface area contributed by atoms with Gasteiger partial charge in [-0.05, 0) is 42.8 Å². The van der Waals surface area contributed by atoms with E-state index in [0.717, 1.165) is 6.07 Å². The molecule has 0 saturated carbocycles. The van der Waals surface area contributed by atoms with Gasteiger partial charge in [0.15, 0.2) is 5.43 Å². The van der Waals surface area contributed by atoms with Gasteiger partial charge in [-0.3, -0.25) is 4.79 Å². The number of hydrogen-bond acceptors (Lipinski definition) is 3. The molecule has 0 amide bonds. The van der Waals surface area contributed by atoms with Crippen LogP contribution in [0.4, 0.5) is 13.2 Å². The molecule has 0 aliphatic carbocycles. The molecule has 0 atom stereocenters. The average molecular weight is 540 g/mol. The molecule has 0 radical (unpaired) electrons. The van der Waals surface area contributed by atoms with Crippen LogP contribution in [0.1, 0.15) is 22.4 Å². The molecule has 35 heavy (non-hydrogen) atoms. The predicted molar refractivity (Wildman–Crippen MR) is 130 cm³/mol. The van der Waals surface area contributed by atoms with Crippen molar-refractivity contribution in [3.05, 3.63) is 115 Å². The Morgan fingerprint density at radius 2 is 1.63 bits per heavy atom. The van der Waals surface area contributed by atoms with E-state index >= 15 is 0 Å². The minimum absolute atomic E-state index is 0.164. The molecule has 0 spiro atoms. The highest BCUT2D eigenvalue weighted by Crippen LogP contribution is 2.35. The van der Waals surface area contributed by atoms with Crippen molar-refractivity contribution >= 4 is 34.8 Å². The summed E-state index contributed by atoms with van der Waals surface area (Å²) in [6.07, 6.45) is -2.05. The van der Waals surface area contributed by atoms with Gasteiger partial charge in [-0.25, -0.2) is 4.98 Å². The van der Waals surface area contributed by atoms with E-state index in [1.54, 1.807) is 60.2 Å². The first kappa shape index (κ1) is 25.1. The maximum atomic E-state index is 12.9. The second-order valence-corrected chi connectivity index (χ2v) is 8.82. The first-order valence-corrected chi connectivity index (χ1v) is 11.3. The number of nitrogens with zero attached hydrogens (tertiary/aromatic N) is 2. The lowest BCUT2D eigenvalue weighted by Gasteiger charge is -2.16. The normalized spacial score (nSPS) is 11.5. The monoisotopic (exact) mass is 538 g/mol. The Morgan fingerprint density at radius 3 is 2.29 bits per heavy atom. The quantitative estimate of drug-likeness (QED) is 0.259. The molecule has 2 aromatic heterocycles. The van der Waals surface area contributed by atoms with Crippen LogP contribution in [0.15, 0.2) is 71.8 Å². The minimum Gasteiger partial charge on any atom is -0.437 e. The van der Waals surface area contributed by atoms with Crippen molar-refractivity contribution in [1.29, 1.82) is 0 Å².